The molecule has 0 spiro atoms. The minimum atomic E-state index is -1.15. The Labute approximate surface area is 117 Å². The van der Waals surface area contributed by atoms with Gasteiger partial charge in [0.1, 0.15) is 8.80 Å². The fourth-order valence-corrected chi connectivity index (χ4v) is 5.55. The summed E-state index contributed by atoms with van der Waals surface area (Å²) < 4.78 is 10.9. The van der Waals surface area contributed by atoms with Gasteiger partial charge in [-0.2, -0.15) is 0 Å². The SMILES string of the molecule is C=Cc1ccccc1[SiH](COC)CN1CCOCC1. The summed E-state index contributed by atoms with van der Waals surface area (Å²) in [5.74, 6) is 0. The van der Waals surface area contributed by atoms with E-state index in [0.717, 1.165) is 38.7 Å². The molecule has 0 amide bonds. The van der Waals surface area contributed by atoms with Crippen molar-refractivity contribution in [3.63, 3.8) is 0 Å². The second kappa shape index (κ2) is 7.60. The Bertz CT molecular complexity index is 405. The maximum atomic E-state index is 5.47. The number of hydrogen-bond donors (Lipinski definition) is 0. The van der Waals surface area contributed by atoms with Crippen molar-refractivity contribution >= 4 is 20.1 Å². The molecular weight excluding hydrogens is 254 g/mol. The number of benzene rings is 1. The molecule has 0 saturated carbocycles. The van der Waals surface area contributed by atoms with E-state index in [2.05, 4.69) is 35.7 Å². The molecule has 1 unspecified atom stereocenters. The van der Waals surface area contributed by atoms with Crippen LogP contribution in [0.25, 0.3) is 6.08 Å². The van der Waals surface area contributed by atoms with Gasteiger partial charge in [-0.25, -0.2) is 0 Å². The van der Waals surface area contributed by atoms with Gasteiger partial charge in [-0.1, -0.05) is 42.1 Å². The molecule has 3 nitrogen and oxygen atoms in total. The second-order valence-corrected chi connectivity index (χ2v) is 7.61. The van der Waals surface area contributed by atoms with Gasteiger partial charge in [0.25, 0.3) is 0 Å². The van der Waals surface area contributed by atoms with Crippen LogP contribution in [0.2, 0.25) is 0 Å². The molecule has 1 fully saturated rings. The van der Waals surface area contributed by atoms with Crippen molar-refractivity contribution in [2.24, 2.45) is 0 Å². The molecule has 1 heterocycles. The molecule has 2 rings (SSSR count). The molecule has 19 heavy (non-hydrogen) atoms. The van der Waals surface area contributed by atoms with E-state index < -0.39 is 8.80 Å². The summed E-state index contributed by atoms with van der Waals surface area (Å²) in [6.07, 6.45) is 3.99. The molecule has 0 radical (unpaired) electrons. The molecule has 104 valence electrons. The summed E-state index contributed by atoms with van der Waals surface area (Å²) in [6, 6.07) is 8.59. The third-order valence-corrected chi connectivity index (χ3v) is 6.70. The van der Waals surface area contributed by atoms with Crippen LogP contribution in [0.5, 0.6) is 0 Å². The second-order valence-electron chi connectivity index (χ2n) is 4.90. The number of rotatable bonds is 6. The standard InChI is InChI=1S/C15H23NO2Si/c1-3-14-6-4-5-7-15(14)19(13-17-2)12-16-8-10-18-11-9-16/h3-7,19H,1,8-13H2,2H3. The Morgan fingerprint density at radius 2 is 2.11 bits per heavy atom. The molecule has 1 aromatic carbocycles. The summed E-state index contributed by atoms with van der Waals surface area (Å²) in [5, 5.41) is 1.46. The van der Waals surface area contributed by atoms with E-state index in [4.69, 9.17) is 9.47 Å². The number of methoxy groups -OCH3 is 1. The zero-order valence-corrected chi connectivity index (χ0v) is 12.8. The lowest BCUT2D eigenvalue weighted by molar-refractivity contribution is 0.0456. The van der Waals surface area contributed by atoms with Crippen LogP contribution < -0.4 is 5.19 Å². The van der Waals surface area contributed by atoms with E-state index in [1.54, 1.807) is 7.11 Å². The van der Waals surface area contributed by atoms with Crippen molar-refractivity contribution in [3.8, 4) is 0 Å². The summed E-state index contributed by atoms with van der Waals surface area (Å²) in [6.45, 7) is 7.74. The Morgan fingerprint density at radius 3 is 2.79 bits per heavy atom. The molecule has 0 N–H and O–H groups in total. The van der Waals surface area contributed by atoms with E-state index in [1.165, 1.54) is 10.8 Å². The summed E-state index contributed by atoms with van der Waals surface area (Å²) in [4.78, 5) is 2.51. The topological polar surface area (TPSA) is 21.7 Å². The normalized spacial score (nSPS) is 18.2. The van der Waals surface area contributed by atoms with Gasteiger partial charge in [0.2, 0.25) is 0 Å². The van der Waals surface area contributed by atoms with Crippen molar-refractivity contribution in [1.29, 1.82) is 0 Å². The Kier molecular flexibility index (Phi) is 5.79. The fourth-order valence-electron chi connectivity index (χ4n) is 2.61. The molecule has 1 atom stereocenters. The highest BCUT2D eigenvalue weighted by Crippen LogP contribution is 2.04. The van der Waals surface area contributed by atoms with Crippen LogP contribution in [0.15, 0.2) is 30.8 Å². The third-order valence-electron chi connectivity index (χ3n) is 3.61. The monoisotopic (exact) mass is 277 g/mol. The van der Waals surface area contributed by atoms with Crippen LogP contribution >= 0.6 is 0 Å². The average Bonchev–Trinajstić information content (AvgIpc) is 2.48. The summed E-state index contributed by atoms with van der Waals surface area (Å²) in [5.41, 5.74) is 1.27. The first kappa shape index (κ1) is 14.5. The highest BCUT2D eigenvalue weighted by molar-refractivity contribution is 6.74. The van der Waals surface area contributed by atoms with Crippen molar-refractivity contribution in [2.45, 2.75) is 0 Å². The smallest absolute Gasteiger partial charge is 0.115 e. The zero-order valence-electron chi connectivity index (χ0n) is 11.7. The molecule has 1 saturated heterocycles. The van der Waals surface area contributed by atoms with Crippen LogP contribution in [-0.2, 0) is 9.47 Å². The van der Waals surface area contributed by atoms with Gasteiger partial charge in [0.15, 0.2) is 0 Å². The third kappa shape index (κ3) is 4.01. The fraction of sp³-hybridized carbons (Fsp3) is 0.467. The summed E-state index contributed by atoms with van der Waals surface area (Å²) >= 11 is 0. The lowest BCUT2D eigenvalue weighted by atomic mass is 10.2. The predicted molar refractivity (Wildman–Crippen MR) is 82.5 cm³/mol. The van der Waals surface area contributed by atoms with Crippen molar-refractivity contribution in [1.82, 2.24) is 4.90 Å². The van der Waals surface area contributed by atoms with E-state index in [9.17, 15) is 0 Å². The Morgan fingerprint density at radius 1 is 1.37 bits per heavy atom. The minimum absolute atomic E-state index is 0.858. The molecule has 0 aromatic heterocycles. The van der Waals surface area contributed by atoms with Gasteiger partial charge in [0.05, 0.1) is 13.2 Å². The minimum Gasteiger partial charge on any atom is -0.388 e. The Hall–Kier alpha value is -0.943. The first-order valence-corrected chi connectivity index (χ1v) is 9.06. The number of ether oxygens (including phenoxy) is 2. The number of nitrogens with zero attached hydrogens (tertiary/aromatic N) is 1. The average molecular weight is 277 g/mol. The highest BCUT2D eigenvalue weighted by atomic mass is 28.3. The van der Waals surface area contributed by atoms with E-state index >= 15 is 0 Å². The first-order valence-electron chi connectivity index (χ1n) is 6.85. The largest absolute Gasteiger partial charge is 0.388 e. The quantitative estimate of drug-likeness (QED) is 0.719. The van der Waals surface area contributed by atoms with Crippen LogP contribution in [0.1, 0.15) is 5.56 Å². The van der Waals surface area contributed by atoms with E-state index in [-0.39, 0.29) is 0 Å². The van der Waals surface area contributed by atoms with Crippen LogP contribution in [0, 0.1) is 0 Å². The number of morpholine rings is 1. The first-order chi connectivity index (χ1) is 9.35. The maximum absolute atomic E-state index is 5.47. The maximum Gasteiger partial charge on any atom is 0.115 e. The van der Waals surface area contributed by atoms with Gasteiger partial charge in [-0.3, -0.25) is 0 Å². The van der Waals surface area contributed by atoms with E-state index in [0.29, 0.717) is 0 Å². The molecule has 4 heteroatoms. The lowest BCUT2D eigenvalue weighted by Crippen LogP contribution is -2.50. The van der Waals surface area contributed by atoms with Gasteiger partial charge >= 0.3 is 0 Å². The van der Waals surface area contributed by atoms with E-state index in [1.807, 2.05) is 6.08 Å². The van der Waals surface area contributed by atoms with Crippen molar-refractivity contribution in [3.05, 3.63) is 36.4 Å². The highest BCUT2D eigenvalue weighted by Gasteiger charge is 2.21. The van der Waals surface area contributed by atoms with Gasteiger partial charge < -0.3 is 14.4 Å². The van der Waals surface area contributed by atoms with Crippen LogP contribution in [0.3, 0.4) is 0 Å². The molecule has 0 bridgehead atoms. The molecule has 1 aliphatic rings. The van der Waals surface area contributed by atoms with Crippen LogP contribution in [-0.4, -0.2) is 59.5 Å². The van der Waals surface area contributed by atoms with Gasteiger partial charge in [0, 0.05) is 26.4 Å². The zero-order chi connectivity index (χ0) is 13.5. The summed E-state index contributed by atoms with van der Waals surface area (Å²) in [7, 11) is 0.656. The number of hydrogen-bond acceptors (Lipinski definition) is 3. The van der Waals surface area contributed by atoms with Crippen LogP contribution in [0.4, 0.5) is 0 Å². The molecule has 0 aliphatic carbocycles. The molecular formula is C15H23NO2Si. The van der Waals surface area contributed by atoms with Crippen molar-refractivity contribution in [2.75, 3.05) is 45.8 Å². The Balaban J connectivity index is 2.11. The predicted octanol–water partition coefficient (Wildman–Crippen LogP) is 0.821. The lowest BCUT2D eigenvalue weighted by Gasteiger charge is -2.30. The van der Waals surface area contributed by atoms with Gasteiger partial charge in [-0.05, 0) is 11.7 Å². The van der Waals surface area contributed by atoms with Crippen molar-refractivity contribution < 1.29 is 9.47 Å². The van der Waals surface area contributed by atoms with Gasteiger partial charge in [-0.15, -0.1) is 0 Å². The molecule has 1 aromatic rings. The molecule has 1 aliphatic heterocycles.